The first-order valence-corrected chi connectivity index (χ1v) is 9.49. The van der Waals surface area contributed by atoms with Crippen LogP contribution in [0.15, 0.2) is 67.1 Å². The number of anilines is 2. The minimum absolute atomic E-state index is 0. The Balaban J connectivity index is 0.00000181. The van der Waals surface area contributed by atoms with E-state index in [1.165, 1.54) is 13.3 Å². The molecule has 0 saturated carbocycles. The van der Waals surface area contributed by atoms with Gasteiger partial charge in [-0.3, -0.25) is 9.78 Å². The Bertz CT molecular complexity index is 1210. The van der Waals surface area contributed by atoms with Crippen molar-refractivity contribution in [3.05, 3.63) is 77.8 Å². The largest absolute Gasteiger partial charge is 1.00 e. The fourth-order valence-electron chi connectivity index (χ4n) is 2.88. The molecular formula is C22H18ClN4NaO3. The summed E-state index contributed by atoms with van der Waals surface area (Å²) in [7, 11) is 0. The SMILES string of the molecule is CC(=O)Oc1cccc2ncnc(Nc3ccc(OCc4ccccn4)c(Cl)c3)c12.[H-].[Na+]. The topological polar surface area (TPSA) is 86.2 Å². The molecule has 0 aliphatic rings. The van der Waals surface area contributed by atoms with Crippen LogP contribution >= 0.6 is 11.6 Å². The molecule has 2 aromatic carbocycles. The molecule has 0 atom stereocenters. The van der Waals surface area contributed by atoms with Crippen molar-refractivity contribution in [1.82, 2.24) is 15.0 Å². The number of aromatic nitrogens is 3. The van der Waals surface area contributed by atoms with E-state index in [-0.39, 0.29) is 31.0 Å². The summed E-state index contributed by atoms with van der Waals surface area (Å²) in [5.41, 5.74) is 2.15. The molecular weight excluding hydrogens is 427 g/mol. The molecule has 0 aliphatic heterocycles. The fourth-order valence-corrected chi connectivity index (χ4v) is 3.12. The van der Waals surface area contributed by atoms with Gasteiger partial charge in [-0.1, -0.05) is 23.7 Å². The van der Waals surface area contributed by atoms with Crippen molar-refractivity contribution in [2.45, 2.75) is 13.5 Å². The van der Waals surface area contributed by atoms with Gasteiger partial charge >= 0.3 is 35.5 Å². The van der Waals surface area contributed by atoms with Gasteiger partial charge in [0, 0.05) is 18.8 Å². The van der Waals surface area contributed by atoms with Crippen LogP contribution in [0, 0.1) is 0 Å². The molecule has 4 aromatic rings. The minimum Gasteiger partial charge on any atom is -1.00 e. The van der Waals surface area contributed by atoms with E-state index in [0.717, 1.165) is 5.69 Å². The van der Waals surface area contributed by atoms with Gasteiger partial charge in [-0.05, 0) is 42.5 Å². The predicted molar refractivity (Wildman–Crippen MR) is 115 cm³/mol. The van der Waals surface area contributed by atoms with E-state index in [0.29, 0.717) is 45.5 Å². The molecule has 1 N–H and O–H groups in total. The third-order valence-electron chi connectivity index (χ3n) is 4.17. The van der Waals surface area contributed by atoms with Crippen LogP contribution in [0.3, 0.4) is 0 Å². The van der Waals surface area contributed by atoms with E-state index >= 15 is 0 Å². The molecule has 0 radical (unpaired) electrons. The number of pyridine rings is 1. The Morgan fingerprint density at radius 1 is 1.06 bits per heavy atom. The van der Waals surface area contributed by atoms with E-state index in [1.54, 1.807) is 30.5 Å². The molecule has 4 rings (SSSR count). The maximum Gasteiger partial charge on any atom is 1.00 e. The van der Waals surface area contributed by atoms with Crippen LogP contribution in [0.4, 0.5) is 11.5 Å². The van der Waals surface area contributed by atoms with Crippen LogP contribution in [-0.2, 0) is 11.4 Å². The number of fused-ring (bicyclic) bond motifs is 1. The third-order valence-corrected chi connectivity index (χ3v) is 4.47. The first-order valence-electron chi connectivity index (χ1n) is 9.11. The summed E-state index contributed by atoms with van der Waals surface area (Å²) >= 11 is 6.39. The number of carbonyl (C=O) groups excluding carboxylic acids is 1. The van der Waals surface area contributed by atoms with Gasteiger partial charge in [0.2, 0.25) is 0 Å². The maximum atomic E-state index is 11.5. The Morgan fingerprint density at radius 3 is 2.68 bits per heavy atom. The summed E-state index contributed by atoms with van der Waals surface area (Å²) in [4.78, 5) is 24.2. The van der Waals surface area contributed by atoms with E-state index in [2.05, 4.69) is 20.3 Å². The summed E-state index contributed by atoms with van der Waals surface area (Å²) in [6.07, 6.45) is 3.15. The monoisotopic (exact) mass is 444 g/mol. The van der Waals surface area contributed by atoms with Gasteiger partial charge in [0.25, 0.3) is 0 Å². The van der Waals surface area contributed by atoms with Crippen molar-refractivity contribution < 1.29 is 45.3 Å². The second-order valence-corrected chi connectivity index (χ2v) is 6.75. The van der Waals surface area contributed by atoms with Gasteiger partial charge in [0.1, 0.15) is 30.3 Å². The van der Waals surface area contributed by atoms with Gasteiger partial charge < -0.3 is 16.2 Å². The number of esters is 1. The van der Waals surface area contributed by atoms with Crippen molar-refractivity contribution in [1.29, 1.82) is 0 Å². The van der Waals surface area contributed by atoms with Crippen LogP contribution in [0.25, 0.3) is 10.9 Å². The van der Waals surface area contributed by atoms with E-state index in [1.807, 2.05) is 30.3 Å². The maximum absolute atomic E-state index is 11.5. The quantitative estimate of drug-likeness (QED) is 0.277. The molecule has 2 heterocycles. The van der Waals surface area contributed by atoms with Gasteiger partial charge in [-0.2, -0.15) is 0 Å². The molecule has 9 heteroatoms. The Morgan fingerprint density at radius 2 is 1.94 bits per heavy atom. The number of hydrogen-bond acceptors (Lipinski definition) is 7. The van der Waals surface area contributed by atoms with Gasteiger partial charge in [0.05, 0.1) is 21.6 Å². The fraction of sp³-hybridized carbons (Fsp3) is 0.0909. The average Bonchev–Trinajstić information content (AvgIpc) is 2.74. The van der Waals surface area contributed by atoms with Gasteiger partial charge in [-0.25, -0.2) is 9.97 Å². The van der Waals surface area contributed by atoms with Crippen molar-refractivity contribution in [3.8, 4) is 11.5 Å². The average molecular weight is 445 g/mol. The second kappa shape index (κ2) is 10.5. The molecule has 0 aliphatic carbocycles. The number of nitrogens with one attached hydrogen (secondary N) is 1. The minimum atomic E-state index is -0.422. The predicted octanol–water partition coefficient (Wildman–Crippen LogP) is 2.04. The Kier molecular flexibility index (Phi) is 7.81. The number of ether oxygens (including phenoxy) is 2. The third kappa shape index (κ3) is 5.71. The normalized spacial score (nSPS) is 10.3. The van der Waals surface area contributed by atoms with E-state index < -0.39 is 5.97 Å². The standard InChI is InChI=1S/C22H17ClN4O3.Na.H/c1-14(28)30-20-7-4-6-18-21(20)22(26-13-25-18)27-15-8-9-19(17(23)11-15)29-12-16-5-2-3-10-24-16;;/h2-11,13H,12H2,1H3,(H,25,26,27);;/q;+1;-1. The molecule has 0 saturated heterocycles. The van der Waals surface area contributed by atoms with Crippen molar-refractivity contribution in [2.75, 3.05) is 5.32 Å². The zero-order chi connectivity index (χ0) is 20.9. The molecule has 0 spiro atoms. The van der Waals surface area contributed by atoms with Crippen LogP contribution in [0.5, 0.6) is 11.5 Å². The van der Waals surface area contributed by atoms with Gasteiger partial charge in [0.15, 0.2) is 0 Å². The molecule has 152 valence electrons. The van der Waals surface area contributed by atoms with E-state index in [9.17, 15) is 4.79 Å². The number of halogens is 1. The molecule has 0 fully saturated rings. The zero-order valence-corrected chi connectivity index (χ0v) is 19.8. The summed E-state index contributed by atoms with van der Waals surface area (Å²) in [6.45, 7) is 1.66. The molecule has 0 amide bonds. The molecule has 7 nitrogen and oxygen atoms in total. The van der Waals surface area contributed by atoms with Crippen LogP contribution in [-0.4, -0.2) is 20.9 Å². The van der Waals surface area contributed by atoms with E-state index in [4.69, 9.17) is 21.1 Å². The molecule has 0 bridgehead atoms. The first-order chi connectivity index (χ1) is 14.6. The van der Waals surface area contributed by atoms with Crippen molar-refractivity contribution in [2.24, 2.45) is 0 Å². The number of rotatable bonds is 6. The number of carbonyl (C=O) groups is 1. The summed E-state index contributed by atoms with van der Waals surface area (Å²) in [5.74, 6) is 0.996. The zero-order valence-electron chi connectivity index (χ0n) is 18.0. The molecule has 2 aromatic heterocycles. The number of hydrogen-bond donors (Lipinski definition) is 1. The summed E-state index contributed by atoms with van der Waals surface area (Å²) in [6, 6.07) is 16.2. The van der Waals surface area contributed by atoms with Crippen LogP contribution in [0.2, 0.25) is 5.02 Å². The Labute approximate surface area is 207 Å². The van der Waals surface area contributed by atoms with Crippen LogP contribution in [0.1, 0.15) is 14.0 Å². The smallest absolute Gasteiger partial charge is 1.00 e. The van der Waals surface area contributed by atoms with Gasteiger partial charge in [-0.15, -0.1) is 0 Å². The first kappa shape index (κ1) is 23.0. The van der Waals surface area contributed by atoms with Crippen molar-refractivity contribution in [3.63, 3.8) is 0 Å². The van der Waals surface area contributed by atoms with Crippen LogP contribution < -0.4 is 44.3 Å². The number of nitrogens with zero attached hydrogens (tertiary/aromatic N) is 3. The second-order valence-electron chi connectivity index (χ2n) is 6.35. The Hall–Kier alpha value is -2.71. The summed E-state index contributed by atoms with van der Waals surface area (Å²) in [5, 5.41) is 4.25. The summed E-state index contributed by atoms with van der Waals surface area (Å²) < 4.78 is 11.1. The number of benzene rings is 2. The molecule has 0 unspecified atom stereocenters. The van der Waals surface area contributed by atoms with Crippen molar-refractivity contribution >= 4 is 40.0 Å². The molecule has 31 heavy (non-hydrogen) atoms.